The number of aliphatic hydroxyl groups is 1. The Balaban J connectivity index is 3.82. The minimum Gasteiger partial charge on any atom is -0.389 e. The SMILES string of the molecule is CC(C)(C)C(=O)CO. The first kappa shape index (κ1) is 7.63. The first-order chi connectivity index (χ1) is 3.48. The summed E-state index contributed by atoms with van der Waals surface area (Å²) in [6, 6.07) is 0. The van der Waals surface area contributed by atoms with Crippen LogP contribution >= 0.6 is 0 Å². The number of ketones is 1. The van der Waals surface area contributed by atoms with E-state index in [1.807, 2.05) is 0 Å². The summed E-state index contributed by atoms with van der Waals surface area (Å²) in [6.07, 6.45) is 0. The van der Waals surface area contributed by atoms with Crippen molar-refractivity contribution in [2.75, 3.05) is 6.61 Å². The van der Waals surface area contributed by atoms with Crippen LogP contribution in [-0.4, -0.2) is 17.5 Å². The summed E-state index contributed by atoms with van der Waals surface area (Å²) < 4.78 is 0. The number of rotatable bonds is 1. The van der Waals surface area contributed by atoms with Crippen LogP contribution in [0.4, 0.5) is 0 Å². The highest BCUT2D eigenvalue weighted by atomic mass is 16.3. The molecule has 0 aliphatic heterocycles. The van der Waals surface area contributed by atoms with Crippen molar-refractivity contribution in [3.05, 3.63) is 0 Å². The van der Waals surface area contributed by atoms with Crippen molar-refractivity contribution in [2.45, 2.75) is 20.8 Å². The van der Waals surface area contributed by atoms with Gasteiger partial charge in [0.15, 0.2) is 5.78 Å². The van der Waals surface area contributed by atoms with Crippen LogP contribution in [0.1, 0.15) is 20.8 Å². The monoisotopic (exact) mass is 116 g/mol. The molecule has 0 fully saturated rings. The predicted octanol–water partition coefficient (Wildman–Crippen LogP) is 0.594. The number of hydrogen-bond acceptors (Lipinski definition) is 2. The van der Waals surface area contributed by atoms with Crippen molar-refractivity contribution < 1.29 is 9.90 Å². The second-order valence-corrected chi connectivity index (χ2v) is 2.83. The van der Waals surface area contributed by atoms with Gasteiger partial charge in [-0.05, 0) is 0 Å². The van der Waals surface area contributed by atoms with Crippen LogP contribution in [0, 0.1) is 5.41 Å². The van der Waals surface area contributed by atoms with Gasteiger partial charge in [0.2, 0.25) is 0 Å². The molecular weight excluding hydrogens is 104 g/mol. The first-order valence-corrected chi connectivity index (χ1v) is 2.62. The fraction of sp³-hybridized carbons (Fsp3) is 0.833. The van der Waals surface area contributed by atoms with Crippen molar-refractivity contribution in [1.82, 2.24) is 0 Å². The van der Waals surface area contributed by atoms with Gasteiger partial charge in [0.25, 0.3) is 0 Å². The van der Waals surface area contributed by atoms with Gasteiger partial charge in [-0.15, -0.1) is 0 Å². The zero-order chi connectivity index (χ0) is 6.78. The molecule has 0 aliphatic carbocycles. The third-order valence-electron chi connectivity index (χ3n) is 0.980. The van der Waals surface area contributed by atoms with Gasteiger partial charge in [-0.2, -0.15) is 0 Å². The van der Waals surface area contributed by atoms with Crippen LogP contribution in [0.5, 0.6) is 0 Å². The Labute approximate surface area is 49.5 Å². The second kappa shape index (κ2) is 2.27. The lowest BCUT2D eigenvalue weighted by molar-refractivity contribution is -0.129. The maximum atomic E-state index is 10.6. The van der Waals surface area contributed by atoms with E-state index in [2.05, 4.69) is 0 Å². The summed E-state index contributed by atoms with van der Waals surface area (Å²) in [4.78, 5) is 10.6. The quantitative estimate of drug-likeness (QED) is 0.544. The van der Waals surface area contributed by atoms with E-state index in [1.54, 1.807) is 20.8 Å². The molecule has 0 aliphatic rings. The minimum absolute atomic E-state index is 0.113. The Morgan fingerprint density at radius 3 is 1.88 bits per heavy atom. The van der Waals surface area contributed by atoms with Crippen molar-refractivity contribution in [1.29, 1.82) is 0 Å². The van der Waals surface area contributed by atoms with Crippen molar-refractivity contribution in [3.8, 4) is 0 Å². The maximum absolute atomic E-state index is 10.6. The number of aliphatic hydroxyl groups excluding tert-OH is 1. The van der Waals surface area contributed by atoms with Crippen LogP contribution in [0.15, 0.2) is 0 Å². The van der Waals surface area contributed by atoms with Gasteiger partial charge in [0.1, 0.15) is 6.61 Å². The fourth-order valence-corrected chi connectivity index (χ4v) is 0.237. The van der Waals surface area contributed by atoms with E-state index in [9.17, 15) is 4.79 Å². The average molecular weight is 116 g/mol. The molecule has 0 bridgehead atoms. The Kier molecular flexibility index (Phi) is 2.16. The molecule has 0 aromatic rings. The standard InChI is InChI=1S/C6H12O2/c1-6(2,3)5(8)4-7/h7H,4H2,1-3H3. The molecule has 0 atom stereocenters. The molecule has 0 radical (unpaired) electrons. The maximum Gasteiger partial charge on any atom is 0.163 e. The topological polar surface area (TPSA) is 37.3 Å². The van der Waals surface area contributed by atoms with E-state index in [0.29, 0.717) is 0 Å². The van der Waals surface area contributed by atoms with Crippen LogP contribution in [0.2, 0.25) is 0 Å². The number of carbonyl (C=O) groups excluding carboxylic acids is 1. The van der Waals surface area contributed by atoms with Gasteiger partial charge in [0.05, 0.1) is 0 Å². The minimum atomic E-state index is -0.380. The lowest BCUT2D eigenvalue weighted by Gasteiger charge is -2.13. The highest BCUT2D eigenvalue weighted by molar-refractivity contribution is 5.84. The molecule has 0 rings (SSSR count). The van der Waals surface area contributed by atoms with Crippen molar-refractivity contribution >= 4 is 5.78 Å². The van der Waals surface area contributed by atoms with Crippen LogP contribution in [0.3, 0.4) is 0 Å². The van der Waals surface area contributed by atoms with Gasteiger partial charge in [-0.25, -0.2) is 0 Å². The van der Waals surface area contributed by atoms with E-state index in [1.165, 1.54) is 0 Å². The molecule has 48 valence electrons. The summed E-state index contributed by atoms with van der Waals surface area (Å²) in [5, 5.41) is 8.32. The highest BCUT2D eigenvalue weighted by Gasteiger charge is 2.18. The summed E-state index contributed by atoms with van der Waals surface area (Å²) in [5.41, 5.74) is -0.380. The Morgan fingerprint density at radius 2 is 1.88 bits per heavy atom. The normalized spacial score (nSPS) is 11.5. The van der Waals surface area contributed by atoms with E-state index in [-0.39, 0.29) is 17.8 Å². The molecule has 0 saturated carbocycles. The molecule has 0 amide bonds. The van der Waals surface area contributed by atoms with Gasteiger partial charge in [-0.3, -0.25) is 4.79 Å². The number of hydrogen-bond donors (Lipinski definition) is 1. The molecule has 1 N–H and O–H groups in total. The smallest absolute Gasteiger partial charge is 0.163 e. The largest absolute Gasteiger partial charge is 0.389 e. The zero-order valence-corrected chi connectivity index (χ0v) is 5.56. The molecule has 0 unspecified atom stereocenters. The zero-order valence-electron chi connectivity index (χ0n) is 5.56. The summed E-state index contributed by atoms with van der Waals surface area (Å²) >= 11 is 0. The Hall–Kier alpha value is -0.370. The van der Waals surface area contributed by atoms with E-state index >= 15 is 0 Å². The second-order valence-electron chi connectivity index (χ2n) is 2.83. The highest BCUT2D eigenvalue weighted by Crippen LogP contribution is 2.12. The van der Waals surface area contributed by atoms with Gasteiger partial charge >= 0.3 is 0 Å². The van der Waals surface area contributed by atoms with Gasteiger partial charge in [-0.1, -0.05) is 20.8 Å². The molecule has 0 aromatic carbocycles. The Bertz CT molecular complexity index is 89.2. The molecule has 0 spiro atoms. The average Bonchev–Trinajstić information content (AvgIpc) is 1.62. The van der Waals surface area contributed by atoms with Crippen LogP contribution in [-0.2, 0) is 4.79 Å². The lowest BCUT2D eigenvalue weighted by Crippen LogP contribution is -2.22. The Morgan fingerprint density at radius 1 is 1.50 bits per heavy atom. The van der Waals surface area contributed by atoms with E-state index in [4.69, 9.17) is 5.11 Å². The molecule has 0 heterocycles. The molecule has 0 aromatic heterocycles. The van der Waals surface area contributed by atoms with Gasteiger partial charge in [0, 0.05) is 5.41 Å². The van der Waals surface area contributed by atoms with Crippen LogP contribution in [0.25, 0.3) is 0 Å². The van der Waals surface area contributed by atoms with Gasteiger partial charge < -0.3 is 5.11 Å². The fourth-order valence-electron chi connectivity index (χ4n) is 0.237. The molecule has 0 saturated heterocycles. The molecule has 2 nitrogen and oxygen atoms in total. The molecule has 8 heavy (non-hydrogen) atoms. The number of carbonyl (C=O) groups is 1. The third kappa shape index (κ3) is 2.07. The predicted molar refractivity (Wildman–Crippen MR) is 31.5 cm³/mol. The van der Waals surface area contributed by atoms with Crippen molar-refractivity contribution in [2.24, 2.45) is 5.41 Å². The molecule has 2 heteroatoms. The molecular formula is C6H12O2. The van der Waals surface area contributed by atoms with Crippen molar-refractivity contribution in [3.63, 3.8) is 0 Å². The van der Waals surface area contributed by atoms with E-state index < -0.39 is 0 Å². The summed E-state index contributed by atoms with van der Waals surface area (Å²) in [6.45, 7) is 5.01. The lowest BCUT2D eigenvalue weighted by atomic mass is 9.91. The van der Waals surface area contributed by atoms with E-state index in [0.717, 1.165) is 0 Å². The third-order valence-corrected chi connectivity index (χ3v) is 0.980. The van der Waals surface area contributed by atoms with Crippen LogP contribution < -0.4 is 0 Å². The summed E-state index contributed by atoms with van der Waals surface area (Å²) in [7, 11) is 0. The summed E-state index contributed by atoms with van der Waals surface area (Å²) in [5.74, 6) is -0.113. The first-order valence-electron chi connectivity index (χ1n) is 2.62. The number of Topliss-reactive ketones (excluding diaryl/α,β-unsaturated/α-hetero) is 1.